The van der Waals surface area contributed by atoms with Gasteiger partial charge in [-0.2, -0.15) is 0 Å². The standard InChI is InChI=1S/C24H28N2O3/c1-6-29-24-19(16(4)5)11-18(15(2)3)12-20(24)21-13-25-22-9-7-17(14-26(21)22)8-10-23(27)28/h7-16H,6H2,1-5H3,(H,27,28). The van der Waals surface area contributed by atoms with Crippen LogP contribution >= 0.6 is 0 Å². The Morgan fingerprint density at radius 2 is 1.97 bits per heavy atom. The van der Waals surface area contributed by atoms with Crippen LogP contribution in [0.2, 0.25) is 0 Å². The van der Waals surface area contributed by atoms with Crippen molar-refractivity contribution in [3.05, 3.63) is 59.4 Å². The van der Waals surface area contributed by atoms with E-state index in [1.165, 1.54) is 11.1 Å². The van der Waals surface area contributed by atoms with E-state index in [9.17, 15) is 4.79 Å². The Bertz CT molecular complexity index is 1060. The Morgan fingerprint density at radius 3 is 2.59 bits per heavy atom. The third-order valence-electron chi connectivity index (χ3n) is 4.94. The van der Waals surface area contributed by atoms with E-state index in [1.54, 1.807) is 6.08 Å². The molecule has 0 atom stereocenters. The van der Waals surface area contributed by atoms with Crippen LogP contribution < -0.4 is 4.74 Å². The van der Waals surface area contributed by atoms with E-state index in [4.69, 9.17) is 9.84 Å². The van der Waals surface area contributed by atoms with Gasteiger partial charge in [-0.15, -0.1) is 0 Å². The zero-order chi connectivity index (χ0) is 21.1. The van der Waals surface area contributed by atoms with E-state index in [0.29, 0.717) is 18.4 Å². The molecule has 152 valence electrons. The van der Waals surface area contributed by atoms with Crippen molar-refractivity contribution < 1.29 is 14.6 Å². The highest BCUT2D eigenvalue weighted by Gasteiger charge is 2.20. The van der Waals surface area contributed by atoms with Gasteiger partial charge >= 0.3 is 5.97 Å². The number of hydrogen-bond acceptors (Lipinski definition) is 3. The molecule has 0 aliphatic rings. The molecular weight excluding hydrogens is 364 g/mol. The van der Waals surface area contributed by atoms with Crippen molar-refractivity contribution in [1.82, 2.24) is 9.38 Å². The summed E-state index contributed by atoms with van der Waals surface area (Å²) >= 11 is 0. The van der Waals surface area contributed by atoms with Gasteiger partial charge in [0.25, 0.3) is 0 Å². The summed E-state index contributed by atoms with van der Waals surface area (Å²) in [6.07, 6.45) is 6.48. The summed E-state index contributed by atoms with van der Waals surface area (Å²) in [6.45, 7) is 11.3. The fourth-order valence-corrected chi connectivity index (χ4v) is 3.39. The molecule has 0 spiro atoms. The first-order chi connectivity index (χ1) is 13.8. The molecule has 29 heavy (non-hydrogen) atoms. The van der Waals surface area contributed by atoms with E-state index in [2.05, 4.69) is 44.8 Å². The number of rotatable bonds is 7. The molecule has 0 radical (unpaired) electrons. The molecule has 0 unspecified atom stereocenters. The van der Waals surface area contributed by atoms with Crippen LogP contribution in [0.25, 0.3) is 23.0 Å². The van der Waals surface area contributed by atoms with Crippen molar-refractivity contribution >= 4 is 17.7 Å². The molecule has 0 amide bonds. The molecule has 0 fully saturated rings. The molecule has 0 bridgehead atoms. The number of carbonyl (C=O) groups is 1. The summed E-state index contributed by atoms with van der Waals surface area (Å²) in [5, 5.41) is 8.92. The summed E-state index contributed by atoms with van der Waals surface area (Å²) in [5.74, 6) is 0.624. The zero-order valence-electron chi connectivity index (χ0n) is 17.6. The number of imidazole rings is 1. The predicted molar refractivity (Wildman–Crippen MR) is 117 cm³/mol. The minimum atomic E-state index is -0.971. The maximum absolute atomic E-state index is 10.9. The van der Waals surface area contributed by atoms with Crippen molar-refractivity contribution in [3.8, 4) is 17.0 Å². The topological polar surface area (TPSA) is 63.8 Å². The van der Waals surface area contributed by atoms with Gasteiger partial charge in [0, 0.05) is 17.8 Å². The minimum Gasteiger partial charge on any atom is -0.493 e. The molecule has 0 saturated heterocycles. The lowest BCUT2D eigenvalue weighted by Crippen LogP contribution is -2.04. The van der Waals surface area contributed by atoms with Crippen LogP contribution in [0.1, 0.15) is 63.1 Å². The van der Waals surface area contributed by atoms with Gasteiger partial charge in [-0.05, 0) is 59.7 Å². The second-order valence-electron chi connectivity index (χ2n) is 7.73. The summed E-state index contributed by atoms with van der Waals surface area (Å²) in [5.41, 5.74) is 5.97. The Kier molecular flexibility index (Phi) is 6.06. The summed E-state index contributed by atoms with van der Waals surface area (Å²) in [4.78, 5) is 15.4. The number of fused-ring (bicyclic) bond motifs is 1. The van der Waals surface area contributed by atoms with Crippen molar-refractivity contribution in [1.29, 1.82) is 0 Å². The predicted octanol–water partition coefficient (Wildman–Crippen LogP) is 5.74. The molecule has 2 heterocycles. The van der Waals surface area contributed by atoms with Gasteiger partial charge < -0.3 is 9.84 Å². The number of ether oxygens (including phenoxy) is 1. The largest absolute Gasteiger partial charge is 0.493 e. The van der Waals surface area contributed by atoms with Gasteiger partial charge in [-0.1, -0.05) is 33.8 Å². The number of aromatic nitrogens is 2. The van der Waals surface area contributed by atoms with Gasteiger partial charge in [0.15, 0.2) is 0 Å². The van der Waals surface area contributed by atoms with Crippen LogP contribution in [0.4, 0.5) is 0 Å². The molecule has 0 saturated carbocycles. The fourth-order valence-electron chi connectivity index (χ4n) is 3.39. The molecule has 0 aliphatic heterocycles. The molecule has 1 N–H and O–H groups in total. The number of nitrogens with zero attached hydrogens (tertiary/aromatic N) is 2. The number of carboxylic acids is 1. The SMILES string of the molecule is CCOc1c(-c2cnc3ccc(C=CC(=O)O)cn23)cc(C(C)C)cc1C(C)C. The first-order valence-electron chi connectivity index (χ1n) is 10.0. The number of pyridine rings is 1. The normalized spacial score (nSPS) is 11.8. The van der Waals surface area contributed by atoms with E-state index < -0.39 is 5.97 Å². The number of aliphatic carboxylic acids is 1. The van der Waals surface area contributed by atoms with Crippen molar-refractivity contribution in [3.63, 3.8) is 0 Å². The average Bonchev–Trinajstić information content (AvgIpc) is 3.09. The maximum Gasteiger partial charge on any atom is 0.328 e. The van der Waals surface area contributed by atoms with Crippen molar-refractivity contribution in [2.45, 2.75) is 46.5 Å². The second-order valence-corrected chi connectivity index (χ2v) is 7.73. The van der Waals surface area contributed by atoms with Crippen molar-refractivity contribution in [2.75, 3.05) is 6.61 Å². The zero-order valence-corrected chi connectivity index (χ0v) is 17.6. The maximum atomic E-state index is 10.9. The van der Waals surface area contributed by atoms with Crippen LogP contribution in [0.15, 0.2) is 42.7 Å². The highest BCUT2D eigenvalue weighted by Crippen LogP contribution is 2.40. The van der Waals surface area contributed by atoms with E-state index >= 15 is 0 Å². The van der Waals surface area contributed by atoms with Crippen molar-refractivity contribution in [2.24, 2.45) is 0 Å². The molecule has 2 aromatic heterocycles. The van der Waals surface area contributed by atoms with Crippen LogP contribution in [0.5, 0.6) is 5.75 Å². The quantitative estimate of drug-likeness (QED) is 0.520. The van der Waals surface area contributed by atoms with E-state index in [1.807, 2.05) is 35.9 Å². The second kappa shape index (κ2) is 8.52. The van der Waals surface area contributed by atoms with Crippen LogP contribution in [0, 0.1) is 0 Å². The number of benzene rings is 1. The van der Waals surface area contributed by atoms with E-state index in [0.717, 1.165) is 34.3 Å². The van der Waals surface area contributed by atoms with Crippen LogP contribution in [-0.2, 0) is 4.79 Å². The Labute approximate surface area is 171 Å². The first-order valence-corrected chi connectivity index (χ1v) is 10.0. The number of hydrogen-bond donors (Lipinski definition) is 1. The highest BCUT2D eigenvalue weighted by molar-refractivity contribution is 5.85. The first kappa shape index (κ1) is 20.6. The summed E-state index contributed by atoms with van der Waals surface area (Å²) < 4.78 is 8.11. The number of carboxylic acid groups (broad SMARTS) is 1. The third kappa shape index (κ3) is 4.34. The highest BCUT2D eigenvalue weighted by atomic mass is 16.5. The van der Waals surface area contributed by atoms with Crippen LogP contribution in [0.3, 0.4) is 0 Å². The molecule has 3 aromatic rings. The summed E-state index contributed by atoms with van der Waals surface area (Å²) in [7, 11) is 0. The smallest absolute Gasteiger partial charge is 0.328 e. The molecule has 0 aliphatic carbocycles. The third-order valence-corrected chi connectivity index (χ3v) is 4.94. The average molecular weight is 392 g/mol. The molecule has 3 rings (SSSR count). The van der Waals surface area contributed by atoms with Gasteiger partial charge in [-0.25, -0.2) is 9.78 Å². The summed E-state index contributed by atoms with van der Waals surface area (Å²) in [6, 6.07) is 8.18. The Morgan fingerprint density at radius 1 is 1.21 bits per heavy atom. The van der Waals surface area contributed by atoms with Gasteiger partial charge in [0.2, 0.25) is 0 Å². The molecular formula is C24H28N2O3. The Hall–Kier alpha value is -3.08. The lowest BCUT2D eigenvalue weighted by molar-refractivity contribution is -0.131. The van der Waals surface area contributed by atoms with E-state index in [-0.39, 0.29) is 0 Å². The molecule has 1 aromatic carbocycles. The Balaban J connectivity index is 2.27. The van der Waals surface area contributed by atoms with Crippen LogP contribution in [-0.4, -0.2) is 27.1 Å². The monoisotopic (exact) mass is 392 g/mol. The molecule has 5 nitrogen and oxygen atoms in total. The lowest BCUT2D eigenvalue weighted by Gasteiger charge is -2.20. The fraction of sp³-hybridized carbons (Fsp3) is 0.333. The minimum absolute atomic E-state index is 0.322. The lowest BCUT2D eigenvalue weighted by atomic mass is 9.91. The molecule has 5 heteroatoms. The van der Waals surface area contributed by atoms with Gasteiger partial charge in [0.1, 0.15) is 11.4 Å². The van der Waals surface area contributed by atoms with Gasteiger partial charge in [0.05, 0.1) is 18.5 Å². The van der Waals surface area contributed by atoms with Gasteiger partial charge in [-0.3, -0.25) is 4.40 Å².